The van der Waals surface area contributed by atoms with Crippen molar-refractivity contribution in [2.24, 2.45) is 0 Å². The molecule has 0 saturated carbocycles. The summed E-state index contributed by atoms with van der Waals surface area (Å²) in [6, 6.07) is 11.0. The van der Waals surface area contributed by atoms with Crippen LogP contribution in [0.25, 0.3) is 22.3 Å². The number of rotatable bonds is 8. The molecule has 3 aromatic carbocycles. The van der Waals surface area contributed by atoms with Gasteiger partial charge in [-0.1, -0.05) is 30.0 Å². The smallest absolute Gasteiger partial charge is 0.307 e. The number of H-pyrrole nitrogens is 2. The Morgan fingerprint density at radius 3 is 2.42 bits per heavy atom. The van der Waals surface area contributed by atoms with E-state index in [1.165, 1.54) is 24.4 Å². The number of fused-ring (bicyclic) bond motifs is 2. The van der Waals surface area contributed by atoms with Gasteiger partial charge in [0.15, 0.2) is 32.3 Å². The summed E-state index contributed by atoms with van der Waals surface area (Å²) >= 11 is 0.256. The highest BCUT2D eigenvalue weighted by Crippen LogP contribution is 2.45. The van der Waals surface area contributed by atoms with E-state index in [2.05, 4.69) is 38.5 Å². The van der Waals surface area contributed by atoms with Crippen LogP contribution in [0.1, 0.15) is 35.6 Å². The van der Waals surface area contributed by atoms with Crippen molar-refractivity contribution in [3.8, 4) is 28.6 Å². The van der Waals surface area contributed by atoms with Crippen LogP contribution in [0.3, 0.4) is 0 Å². The van der Waals surface area contributed by atoms with Gasteiger partial charge in [0.05, 0.1) is 44.7 Å². The minimum absolute atomic E-state index is 0.0365. The third-order valence-corrected chi connectivity index (χ3v) is 8.04. The van der Waals surface area contributed by atoms with E-state index in [9.17, 15) is 23.8 Å². The Hall–Kier alpha value is -4.32. The van der Waals surface area contributed by atoms with Crippen molar-refractivity contribution in [3.05, 3.63) is 89.1 Å². The number of thioether (sulfide) groups is 1. The zero-order valence-electron chi connectivity index (χ0n) is 27.2. The first-order valence-corrected chi connectivity index (χ1v) is 15.9. The number of ether oxygens (including phenoxy) is 2. The molecule has 12 nitrogen and oxygen atoms in total. The maximum atomic E-state index is 15.2. The Labute approximate surface area is 304 Å². The first-order valence-electron chi connectivity index (χ1n) is 15.1. The number of aliphatic hydroxyl groups is 5. The topological polar surface area (TPSA) is 201 Å². The molecule has 1 aliphatic heterocycles. The molecule has 5 aromatic rings. The standard InChI is InChI=1S/C28H21BF3N3O4S.C3H5BO4.CH2B2O/c1-13-3-2-4-16-15(8-10-38-24(13)16)20-12-34-27(35-20)18-11-14(5-6-19(18)30)39-25-22(32)21(31)23-17(7-9-33-23)26(25)40-28(29,36)37;4-3(7,8)1-2(5)6;2-1(3)4/h2-7,9,11-12,15,33,36-37H,8,10H2,1H3,(H,34,35);7-8H,1H2,(H,5,6);1,4H. The minimum Gasteiger partial charge on any atom is -0.493 e. The number of aliphatic hydroxyl groups excluding tert-OH is 1. The quantitative estimate of drug-likeness (QED) is 0.0663. The van der Waals surface area contributed by atoms with Crippen molar-refractivity contribution >= 4 is 60.0 Å². The molecule has 20 heteroatoms. The Morgan fingerprint density at radius 2 is 1.81 bits per heavy atom. The highest BCUT2D eigenvalue weighted by molar-refractivity contribution is 8.01. The van der Waals surface area contributed by atoms with Crippen LogP contribution in [0, 0.1) is 24.4 Å². The van der Waals surface area contributed by atoms with E-state index in [0.29, 0.717) is 13.0 Å². The fourth-order valence-electron chi connectivity index (χ4n) is 5.16. The van der Waals surface area contributed by atoms with Crippen LogP contribution in [0.2, 0.25) is 0 Å². The molecule has 0 fully saturated rings. The molecule has 52 heavy (non-hydrogen) atoms. The second-order valence-electron chi connectivity index (χ2n) is 11.4. The van der Waals surface area contributed by atoms with E-state index in [1.807, 2.05) is 25.1 Å². The molecule has 0 saturated heterocycles. The highest BCUT2D eigenvalue weighted by atomic mass is 32.2. The van der Waals surface area contributed by atoms with E-state index in [0.717, 1.165) is 28.6 Å². The third kappa shape index (κ3) is 10.4. The first-order chi connectivity index (χ1) is 24.3. The van der Waals surface area contributed by atoms with Gasteiger partial charge in [-0.15, -0.1) is 0 Å². The molecule has 8 N–H and O–H groups in total. The lowest BCUT2D eigenvalue weighted by Gasteiger charge is -2.26. The van der Waals surface area contributed by atoms with Gasteiger partial charge in [-0.25, -0.2) is 13.8 Å². The van der Waals surface area contributed by atoms with Gasteiger partial charge in [0, 0.05) is 35.0 Å². The molecular formula is C32H28B4F3N3O9S. The average Bonchev–Trinajstić information content (AvgIpc) is 3.72. The predicted octanol–water partition coefficient (Wildman–Crippen LogP) is 2.71. The van der Waals surface area contributed by atoms with Gasteiger partial charge in [0.25, 0.3) is 0 Å². The lowest BCUT2D eigenvalue weighted by molar-refractivity contribution is -0.151. The number of imidazole rings is 1. The molecule has 0 spiro atoms. The molecule has 2 aromatic heterocycles. The van der Waals surface area contributed by atoms with Crippen molar-refractivity contribution in [1.82, 2.24) is 15.0 Å². The normalized spacial score (nSPS) is 14.1. The molecule has 6 rings (SSSR count). The van der Waals surface area contributed by atoms with Gasteiger partial charge in [-0.05, 0) is 49.1 Å². The summed E-state index contributed by atoms with van der Waals surface area (Å²) in [5, 5.41) is 48.6. The van der Waals surface area contributed by atoms with Crippen molar-refractivity contribution in [2.75, 3.05) is 6.61 Å². The summed E-state index contributed by atoms with van der Waals surface area (Å²) in [5.74, 6) is -5.44. The number of benzene rings is 3. The minimum atomic E-state index is -2.81. The Bertz CT molecular complexity index is 2040. The Morgan fingerprint density at radius 1 is 1.12 bits per heavy atom. The van der Waals surface area contributed by atoms with E-state index in [1.54, 1.807) is 6.20 Å². The summed E-state index contributed by atoms with van der Waals surface area (Å²) in [5.41, 5.74) is 0.0496. The molecule has 1 unspecified atom stereocenters. The summed E-state index contributed by atoms with van der Waals surface area (Å²) in [6.07, 6.45) is 2.83. The van der Waals surface area contributed by atoms with E-state index < -0.39 is 52.2 Å². The number of nitrogens with one attached hydrogen (secondary N) is 2. The number of nitrogens with zero attached hydrogens (tertiary/aromatic N) is 1. The molecule has 1 aliphatic rings. The SMILES string of the molecule is [B]C(O)(O)CC(=O)O.[B]C(O)(O)Sc1c(Oc2ccc(F)c(-c3ncc(C4CCOc5c(C)cccc54)[nH]3)c2)c(F)c(F)c2[nH]ccc12.[B]C([B])O. The first kappa shape index (κ1) is 40.5. The predicted molar refractivity (Wildman–Crippen MR) is 187 cm³/mol. The van der Waals surface area contributed by atoms with Gasteiger partial charge in [0.1, 0.15) is 28.8 Å². The van der Waals surface area contributed by atoms with Crippen LogP contribution in [0.5, 0.6) is 17.2 Å². The van der Waals surface area contributed by atoms with Crippen molar-refractivity contribution in [2.45, 2.75) is 47.2 Å². The van der Waals surface area contributed by atoms with E-state index in [-0.39, 0.29) is 50.6 Å². The number of aryl methyl sites for hydroxylation is 1. The summed E-state index contributed by atoms with van der Waals surface area (Å²) in [4.78, 5) is 19.6. The monoisotopic (exact) mass is 731 g/mol. The van der Waals surface area contributed by atoms with Crippen LogP contribution in [-0.4, -0.2) is 106 Å². The molecule has 0 aliphatic carbocycles. The largest absolute Gasteiger partial charge is 0.493 e. The number of para-hydroxylation sites is 1. The lowest BCUT2D eigenvalue weighted by atomic mass is 9.83. The zero-order valence-corrected chi connectivity index (χ0v) is 28.0. The number of carboxylic acid groups (broad SMARTS) is 1. The zero-order chi connectivity index (χ0) is 38.5. The second-order valence-corrected chi connectivity index (χ2v) is 12.6. The highest BCUT2D eigenvalue weighted by Gasteiger charge is 2.29. The van der Waals surface area contributed by atoms with Crippen LogP contribution < -0.4 is 9.47 Å². The molecule has 264 valence electrons. The van der Waals surface area contributed by atoms with Crippen molar-refractivity contribution in [1.29, 1.82) is 0 Å². The molecule has 0 amide bonds. The van der Waals surface area contributed by atoms with Crippen LogP contribution in [-0.2, 0) is 4.79 Å². The summed E-state index contributed by atoms with van der Waals surface area (Å²) in [6.45, 7) is 2.50. The summed E-state index contributed by atoms with van der Waals surface area (Å²) in [7, 11) is 18.7. The Kier molecular flexibility index (Phi) is 12.9. The molecule has 0 bridgehead atoms. The van der Waals surface area contributed by atoms with E-state index in [4.69, 9.17) is 37.7 Å². The Balaban J connectivity index is 0.000000437. The fraction of sp³-hybridized carbons (Fsp3) is 0.250. The van der Waals surface area contributed by atoms with Crippen molar-refractivity contribution < 1.29 is 58.1 Å². The van der Waals surface area contributed by atoms with Crippen molar-refractivity contribution in [3.63, 3.8) is 0 Å². The summed E-state index contributed by atoms with van der Waals surface area (Å²) < 4.78 is 56.5. The van der Waals surface area contributed by atoms with Crippen LogP contribution >= 0.6 is 11.8 Å². The number of aromatic amines is 2. The number of aliphatic carboxylic acids is 1. The molecular weight excluding hydrogens is 703 g/mol. The maximum absolute atomic E-state index is 15.2. The fourth-order valence-corrected chi connectivity index (χ4v) is 5.96. The lowest BCUT2D eigenvalue weighted by Crippen LogP contribution is -2.31. The number of aromatic nitrogens is 3. The van der Waals surface area contributed by atoms with Crippen LogP contribution in [0.4, 0.5) is 13.2 Å². The number of halogens is 3. The van der Waals surface area contributed by atoms with Gasteiger partial charge < -0.3 is 50.1 Å². The number of hydrogen-bond acceptors (Lipinski definition) is 10. The molecule has 3 heterocycles. The second kappa shape index (κ2) is 16.6. The van der Waals surface area contributed by atoms with Gasteiger partial charge >= 0.3 is 5.97 Å². The van der Waals surface area contributed by atoms with Gasteiger partial charge in [-0.2, -0.15) is 4.39 Å². The average molecular weight is 731 g/mol. The number of carboxylic acids is 1. The number of hydrogen-bond donors (Lipinski definition) is 8. The third-order valence-electron chi connectivity index (χ3n) is 7.13. The molecule has 1 atom stereocenters. The van der Waals surface area contributed by atoms with Crippen LogP contribution in [0.15, 0.2) is 59.8 Å². The van der Waals surface area contributed by atoms with Gasteiger partial charge in [-0.3, -0.25) is 4.79 Å². The van der Waals surface area contributed by atoms with E-state index >= 15 is 4.39 Å². The maximum Gasteiger partial charge on any atom is 0.307 e. The number of carbonyl (C=O) groups is 1. The van der Waals surface area contributed by atoms with Gasteiger partial charge in [0.2, 0.25) is 5.82 Å². The molecule has 8 radical (unpaired) electrons.